The Hall–Kier alpha value is -2.65. The van der Waals surface area contributed by atoms with Gasteiger partial charge in [-0.15, -0.1) is 0 Å². The monoisotopic (exact) mass is 419 g/mol. The highest BCUT2D eigenvalue weighted by atomic mass is 32.2. The standard InChI is InChI=1S/C20H25N3O5S/c1-2-29(26,27)23-11-5-7-15(14-23)19(24)22-18-10-4-3-9-17(18)20(25)21-13-16-8-6-12-28-16/h3-4,6,8-10,12,15H,2,5,7,11,13-14H2,1H3,(H,21,25)(H,22,24)/t15-/m0/s1. The van der Waals surface area contributed by atoms with Crippen molar-refractivity contribution in [2.45, 2.75) is 26.3 Å². The van der Waals surface area contributed by atoms with Gasteiger partial charge in [0.1, 0.15) is 5.76 Å². The fourth-order valence-corrected chi connectivity index (χ4v) is 4.47. The van der Waals surface area contributed by atoms with Crippen LogP contribution in [-0.4, -0.2) is 43.4 Å². The van der Waals surface area contributed by atoms with Gasteiger partial charge in [-0.3, -0.25) is 9.59 Å². The van der Waals surface area contributed by atoms with Crippen LogP contribution in [0.15, 0.2) is 47.1 Å². The molecule has 1 aliphatic heterocycles. The van der Waals surface area contributed by atoms with Gasteiger partial charge in [0.2, 0.25) is 15.9 Å². The highest BCUT2D eigenvalue weighted by Gasteiger charge is 2.31. The van der Waals surface area contributed by atoms with Crippen LogP contribution >= 0.6 is 0 Å². The van der Waals surface area contributed by atoms with E-state index < -0.39 is 15.9 Å². The highest BCUT2D eigenvalue weighted by Crippen LogP contribution is 2.23. The zero-order valence-electron chi connectivity index (χ0n) is 16.3. The number of furan rings is 1. The van der Waals surface area contributed by atoms with E-state index in [4.69, 9.17) is 4.42 Å². The Balaban J connectivity index is 1.66. The zero-order valence-corrected chi connectivity index (χ0v) is 17.1. The summed E-state index contributed by atoms with van der Waals surface area (Å²) in [6, 6.07) is 10.2. The molecule has 0 saturated carbocycles. The molecule has 1 aliphatic rings. The van der Waals surface area contributed by atoms with Crippen LogP contribution in [0.4, 0.5) is 5.69 Å². The molecule has 0 spiro atoms. The average Bonchev–Trinajstić information content (AvgIpc) is 3.26. The Labute approximate surface area is 170 Å². The molecule has 0 radical (unpaired) electrons. The van der Waals surface area contributed by atoms with Crippen LogP contribution in [0.3, 0.4) is 0 Å². The fraction of sp³-hybridized carbons (Fsp3) is 0.400. The molecule has 1 atom stereocenters. The van der Waals surface area contributed by atoms with Gasteiger partial charge in [0.05, 0.1) is 35.7 Å². The second kappa shape index (κ2) is 9.23. The largest absolute Gasteiger partial charge is 0.467 e. The van der Waals surface area contributed by atoms with Crippen LogP contribution in [0.2, 0.25) is 0 Å². The van der Waals surface area contributed by atoms with Gasteiger partial charge in [-0.25, -0.2) is 12.7 Å². The minimum absolute atomic E-state index is 0.0139. The first kappa shape index (κ1) is 21.1. The Bertz CT molecular complexity index is 956. The van der Waals surface area contributed by atoms with Crippen LogP contribution in [0, 0.1) is 5.92 Å². The van der Waals surface area contributed by atoms with E-state index in [1.807, 2.05) is 0 Å². The SMILES string of the molecule is CCS(=O)(=O)N1CCC[C@H](C(=O)Nc2ccccc2C(=O)NCc2ccco2)C1. The molecule has 156 valence electrons. The maximum atomic E-state index is 12.8. The Morgan fingerprint density at radius 3 is 2.72 bits per heavy atom. The van der Waals surface area contributed by atoms with Crippen molar-refractivity contribution in [2.75, 3.05) is 24.2 Å². The van der Waals surface area contributed by atoms with Gasteiger partial charge in [0, 0.05) is 13.1 Å². The molecule has 2 N–H and O–H groups in total. The molecule has 0 unspecified atom stereocenters. The second-order valence-electron chi connectivity index (χ2n) is 6.89. The van der Waals surface area contributed by atoms with E-state index in [0.29, 0.717) is 36.4 Å². The van der Waals surface area contributed by atoms with Crippen molar-refractivity contribution >= 4 is 27.5 Å². The van der Waals surface area contributed by atoms with Gasteiger partial charge in [-0.2, -0.15) is 0 Å². The van der Waals surface area contributed by atoms with Crippen LogP contribution in [0.25, 0.3) is 0 Å². The molecule has 0 bridgehead atoms. The van der Waals surface area contributed by atoms with Crippen molar-refractivity contribution in [2.24, 2.45) is 5.92 Å². The van der Waals surface area contributed by atoms with E-state index in [2.05, 4.69) is 10.6 Å². The predicted molar refractivity (Wildman–Crippen MR) is 109 cm³/mol. The minimum atomic E-state index is -3.33. The van der Waals surface area contributed by atoms with Gasteiger partial charge in [0.15, 0.2) is 0 Å². The third-order valence-electron chi connectivity index (χ3n) is 4.95. The molecule has 1 aromatic carbocycles. The molecule has 1 saturated heterocycles. The molecule has 2 amide bonds. The van der Waals surface area contributed by atoms with Gasteiger partial charge in [-0.1, -0.05) is 12.1 Å². The van der Waals surface area contributed by atoms with Crippen LogP contribution < -0.4 is 10.6 Å². The summed E-state index contributed by atoms with van der Waals surface area (Å²) in [7, 11) is -3.33. The molecule has 29 heavy (non-hydrogen) atoms. The quantitative estimate of drug-likeness (QED) is 0.715. The number of nitrogens with one attached hydrogen (secondary N) is 2. The van der Waals surface area contributed by atoms with E-state index in [1.54, 1.807) is 43.3 Å². The molecule has 8 nitrogen and oxygen atoms in total. The van der Waals surface area contributed by atoms with Gasteiger partial charge < -0.3 is 15.1 Å². The lowest BCUT2D eigenvalue weighted by Crippen LogP contribution is -2.44. The second-order valence-corrected chi connectivity index (χ2v) is 9.15. The molecular formula is C20H25N3O5S. The fourth-order valence-electron chi connectivity index (χ4n) is 3.29. The third-order valence-corrected chi connectivity index (χ3v) is 6.79. The summed E-state index contributed by atoms with van der Waals surface area (Å²) in [6.45, 7) is 2.43. The van der Waals surface area contributed by atoms with Crippen molar-refractivity contribution in [3.05, 3.63) is 54.0 Å². The predicted octanol–water partition coefficient (Wildman–Crippen LogP) is 2.21. The third kappa shape index (κ3) is 5.24. The van der Waals surface area contributed by atoms with E-state index in [0.717, 1.165) is 0 Å². The van der Waals surface area contributed by atoms with Crippen molar-refractivity contribution < 1.29 is 22.4 Å². The van der Waals surface area contributed by atoms with Crippen LogP contribution in [0.1, 0.15) is 35.9 Å². The summed E-state index contributed by atoms with van der Waals surface area (Å²) in [6.07, 6.45) is 2.76. The number of hydrogen-bond donors (Lipinski definition) is 2. The van der Waals surface area contributed by atoms with E-state index in [1.165, 1.54) is 10.6 Å². The van der Waals surface area contributed by atoms with Gasteiger partial charge in [-0.05, 0) is 44.0 Å². The number of piperidine rings is 1. The summed E-state index contributed by atoms with van der Waals surface area (Å²) in [5, 5.41) is 5.56. The summed E-state index contributed by atoms with van der Waals surface area (Å²) >= 11 is 0. The van der Waals surface area contributed by atoms with Gasteiger partial charge in [0.25, 0.3) is 5.91 Å². The first-order valence-corrected chi connectivity index (χ1v) is 11.2. The molecule has 2 heterocycles. The van der Waals surface area contributed by atoms with Crippen LogP contribution in [0.5, 0.6) is 0 Å². The Kier molecular flexibility index (Phi) is 6.71. The van der Waals surface area contributed by atoms with Crippen molar-refractivity contribution in [3.8, 4) is 0 Å². The smallest absolute Gasteiger partial charge is 0.253 e. The number of benzene rings is 1. The number of anilines is 1. The normalized spacial score (nSPS) is 17.6. The average molecular weight is 420 g/mol. The molecular weight excluding hydrogens is 394 g/mol. The Morgan fingerprint density at radius 1 is 1.21 bits per heavy atom. The molecule has 3 rings (SSSR count). The summed E-state index contributed by atoms with van der Waals surface area (Å²) in [4.78, 5) is 25.3. The maximum absolute atomic E-state index is 12.8. The number of nitrogens with zero attached hydrogens (tertiary/aromatic N) is 1. The lowest BCUT2D eigenvalue weighted by atomic mass is 9.98. The number of hydrogen-bond acceptors (Lipinski definition) is 5. The highest BCUT2D eigenvalue weighted by molar-refractivity contribution is 7.89. The van der Waals surface area contributed by atoms with E-state index >= 15 is 0 Å². The topological polar surface area (TPSA) is 109 Å². The molecule has 0 aliphatic carbocycles. The number of rotatable bonds is 7. The van der Waals surface area contributed by atoms with E-state index in [9.17, 15) is 18.0 Å². The van der Waals surface area contributed by atoms with Gasteiger partial charge >= 0.3 is 0 Å². The van der Waals surface area contributed by atoms with E-state index in [-0.39, 0.29) is 30.7 Å². The number of sulfonamides is 1. The lowest BCUT2D eigenvalue weighted by molar-refractivity contribution is -0.120. The number of amides is 2. The Morgan fingerprint density at radius 2 is 2.00 bits per heavy atom. The summed E-state index contributed by atoms with van der Waals surface area (Å²) in [5.41, 5.74) is 0.728. The summed E-state index contributed by atoms with van der Waals surface area (Å²) < 4.78 is 30.8. The molecule has 1 aromatic heterocycles. The van der Waals surface area contributed by atoms with Crippen molar-refractivity contribution in [3.63, 3.8) is 0 Å². The number of para-hydroxylation sites is 1. The molecule has 1 fully saturated rings. The molecule has 2 aromatic rings. The molecule has 9 heteroatoms. The summed E-state index contributed by atoms with van der Waals surface area (Å²) in [5.74, 6) is -0.438. The zero-order chi connectivity index (χ0) is 20.9. The first-order valence-electron chi connectivity index (χ1n) is 9.59. The van der Waals surface area contributed by atoms with Crippen LogP contribution in [-0.2, 0) is 21.4 Å². The van der Waals surface area contributed by atoms with Crippen molar-refractivity contribution in [1.29, 1.82) is 0 Å². The minimum Gasteiger partial charge on any atom is -0.467 e. The number of carbonyl (C=O) groups excluding carboxylic acids is 2. The maximum Gasteiger partial charge on any atom is 0.253 e. The number of carbonyl (C=O) groups is 2. The van der Waals surface area contributed by atoms with Crippen molar-refractivity contribution in [1.82, 2.24) is 9.62 Å². The lowest BCUT2D eigenvalue weighted by Gasteiger charge is -2.31. The first-order chi connectivity index (χ1) is 13.9.